The molecule has 0 aliphatic rings. The molecule has 0 aliphatic carbocycles. The molecule has 1 atom stereocenters. The van der Waals surface area contributed by atoms with Crippen molar-refractivity contribution in [2.75, 3.05) is 0 Å². The molecule has 0 radical (unpaired) electrons. The van der Waals surface area contributed by atoms with Crippen LogP contribution in [0.3, 0.4) is 0 Å². The summed E-state index contributed by atoms with van der Waals surface area (Å²) in [7, 11) is 0. The topological polar surface area (TPSA) is 43.1 Å². The lowest BCUT2D eigenvalue weighted by Gasteiger charge is -2.06. The Morgan fingerprint density at radius 3 is 2.84 bits per heavy atom. The van der Waals surface area contributed by atoms with Crippen LogP contribution in [-0.2, 0) is 0 Å². The molecule has 0 saturated heterocycles. The summed E-state index contributed by atoms with van der Waals surface area (Å²) in [6, 6.07) is 7.47. The van der Waals surface area contributed by atoms with Crippen molar-refractivity contribution in [3.8, 4) is 0 Å². The molecule has 0 fully saturated rings. The van der Waals surface area contributed by atoms with Crippen molar-refractivity contribution in [2.24, 2.45) is 0 Å². The largest absolute Gasteiger partial charge is 0.291 e. The first-order valence-electron chi connectivity index (χ1n) is 6.08. The van der Waals surface area contributed by atoms with Gasteiger partial charge in [-0.25, -0.2) is 0 Å². The maximum absolute atomic E-state index is 11.4. The van der Waals surface area contributed by atoms with Crippen LogP contribution < -0.4 is 0 Å². The number of benzene rings is 1. The van der Waals surface area contributed by atoms with Gasteiger partial charge in [-0.1, -0.05) is 30.4 Å². The van der Waals surface area contributed by atoms with Gasteiger partial charge in [0.2, 0.25) is 0 Å². The molecule has 0 saturated carbocycles. The summed E-state index contributed by atoms with van der Waals surface area (Å²) in [5.41, 5.74) is 0.231. The van der Waals surface area contributed by atoms with Crippen LogP contribution in [0.2, 0.25) is 0 Å². The number of hydrogen-bond donors (Lipinski definition) is 0. The standard InChI is InChI=1S/C15H15NO2S/c1-3-5-8-11(4-2)15-14(16(17)18)12-9-6-7-10-13(12)19-15/h3-7,9-11H,2,8H2,1H3/b5-3-. The number of fused-ring (bicyclic) bond motifs is 1. The third-order valence-electron chi connectivity index (χ3n) is 3.03. The summed E-state index contributed by atoms with van der Waals surface area (Å²) in [6.07, 6.45) is 6.50. The van der Waals surface area contributed by atoms with Crippen LogP contribution in [0.1, 0.15) is 24.1 Å². The van der Waals surface area contributed by atoms with Crippen molar-refractivity contribution in [3.63, 3.8) is 0 Å². The molecule has 0 amide bonds. The Morgan fingerprint density at radius 1 is 1.47 bits per heavy atom. The number of nitrogens with zero attached hydrogens (tertiary/aromatic N) is 1. The van der Waals surface area contributed by atoms with Gasteiger partial charge in [0.15, 0.2) is 0 Å². The first kappa shape index (κ1) is 13.5. The molecular formula is C15H15NO2S. The quantitative estimate of drug-likeness (QED) is 0.435. The van der Waals surface area contributed by atoms with Crippen LogP contribution in [0.25, 0.3) is 10.1 Å². The first-order valence-corrected chi connectivity index (χ1v) is 6.90. The molecule has 98 valence electrons. The predicted octanol–water partition coefficient (Wildman–Crippen LogP) is 5.05. The summed E-state index contributed by atoms with van der Waals surface area (Å²) in [4.78, 5) is 11.9. The van der Waals surface area contributed by atoms with Crippen LogP contribution in [0.15, 0.2) is 49.1 Å². The minimum atomic E-state index is -0.277. The Labute approximate surface area is 116 Å². The minimum Gasteiger partial charge on any atom is -0.258 e. The van der Waals surface area contributed by atoms with E-state index in [2.05, 4.69) is 6.58 Å². The van der Waals surface area contributed by atoms with Crippen LogP contribution in [-0.4, -0.2) is 4.92 Å². The number of hydrogen-bond acceptors (Lipinski definition) is 3. The third-order valence-corrected chi connectivity index (χ3v) is 4.32. The average Bonchev–Trinajstić information content (AvgIpc) is 2.79. The number of nitro groups is 1. The van der Waals surface area contributed by atoms with Crippen molar-refractivity contribution in [3.05, 3.63) is 64.1 Å². The molecule has 19 heavy (non-hydrogen) atoms. The molecule has 0 spiro atoms. The molecule has 1 unspecified atom stereocenters. The second-order valence-electron chi connectivity index (χ2n) is 4.22. The highest BCUT2D eigenvalue weighted by Crippen LogP contribution is 2.42. The Bertz CT molecular complexity index is 643. The fraction of sp³-hybridized carbons (Fsp3) is 0.200. The van der Waals surface area contributed by atoms with E-state index in [4.69, 9.17) is 0 Å². The minimum absolute atomic E-state index is 0.00556. The number of thiophene rings is 1. The summed E-state index contributed by atoms with van der Waals surface area (Å²) in [5, 5.41) is 12.1. The van der Waals surface area contributed by atoms with Gasteiger partial charge in [-0.05, 0) is 25.5 Å². The van der Waals surface area contributed by atoms with E-state index >= 15 is 0 Å². The van der Waals surface area contributed by atoms with Gasteiger partial charge in [-0.2, -0.15) is 0 Å². The highest BCUT2D eigenvalue weighted by molar-refractivity contribution is 7.19. The first-order chi connectivity index (χ1) is 9.19. The van der Waals surface area contributed by atoms with E-state index in [0.717, 1.165) is 21.4 Å². The fourth-order valence-electron chi connectivity index (χ4n) is 2.08. The molecule has 4 heteroatoms. The van der Waals surface area contributed by atoms with Crippen molar-refractivity contribution in [1.29, 1.82) is 0 Å². The van der Waals surface area contributed by atoms with Gasteiger partial charge in [0.1, 0.15) is 0 Å². The van der Waals surface area contributed by atoms with E-state index in [1.54, 1.807) is 6.08 Å². The normalized spacial score (nSPS) is 12.9. The zero-order valence-corrected chi connectivity index (χ0v) is 11.5. The molecule has 3 nitrogen and oxygen atoms in total. The average molecular weight is 273 g/mol. The second-order valence-corrected chi connectivity index (χ2v) is 5.30. The smallest absolute Gasteiger partial charge is 0.258 e. The fourth-order valence-corrected chi connectivity index (χ4v) is 3.37. The zero-order valence-electron chi connectivity index (χ0n) is 10.7. The van der Waals surface area contributed by atoms with Gasteiger partial charge in [0, 0.05) is 10.6 Å². The molecule has 0 N–H and O–H groups in total. The van der Waals surface area contributed by atoms with E-state index in [0.29, 0.717) is 0 Å². The highest BCUT2D eigenvalue weighted by Gasteiger charge is 2.25. The van der Waals surface area contributed by atoms with Crippen molar-refractivity contribution in [1.82, 2.24) is 0 Å². The Balaban J connectivity index is 2.60. The van der Waals surface area contributed by atoms with Gasteiger partial charge >= 0.3 is 0 Å². The van der Waals surface area contributed by atoms with E-state index in [9.17, 15) is 10.1 Å². The van der Waals surface area contributed by atoms with Crippen molar-refractivity contribution < 1.29 is 4.92 Å². The predicted molar refractivity (Wildman–Crippen MR) is 80.8 cm³/mol. The van der Waals surface area contributed by atoms with Crippen LogP contribution >= 0.6 is 11.3 Å². The lowest BCUT2D eigenvalue weighted by Crippen LogP contribution is -1.96. The summed E-state index contributed by atoms with van der Waals surface area (Å²) in [6.45, 7) is 5.76. The summed E-state index contributed by atoms with van der Waals surface area (Å²) < 4.78 is 0.955. The Hall–Kier alpha value is -1.94. The number of allylic oxidation sites excluding steroid dienone is 3. The molecule has 2 aromatic rings. The highest BCUT2D eigenvalue weighted by atomic mass is 32.1. The van der Waals surface area contributed by atoms with Gasteiger partial charge in [-0.3, -0.25) is 10.1 Å². The number of rotatable bonds is 5. The van der Waals surface area contributed by atoms with E-state index in [-0.39, 0.29) is 16.5 Å². The van der Waals surface area contributed by atoms with Crippen LogP contribution in [0.4, 0.5) is 5.69 Å². The van der Waals surface area contributed by atoms with Gasteiger partial charge in [0.25, 0.3) is 5.69 Å². The van der Waals surface area contributed by atoms with Crippen LogP contribution in [0, 0.1) is 10.1 Å². The third kappa shape index (κ3) is 2.58. The van der Waals surface area contributed by atoms with E-state index in [1.807, 2.05) is 43.3 Å². The van der Waals surface area contributed by atoms with E-state index in [1.165, 1.54) is 11.3 Å². The Morgan fingerprint density at radius 2 is 2.21 bits per heavy atom. The lowest BCUT2D eigenvalue weighted by atomic mass is 10.0. The second kappa shape index (κ2) is 5.80. The Kier molecular flexibility index (Phi) is 4.12. The SMILES string of the molecule is C=CC(C/C=C\C)c1sc2ccccc2c1[N+](=O)[O-]. The van der Waals surface area contributed by atoms with Crippen molar-refractivity contribution >= 4 is 27.1 Å². The molecule has 1 aromatic carbocycles. The monoisotopic (exact) mass is 273 g/mol. The molecule has 2 rings (SSSR count). The summed E-state index contributed by atoms with van der Waals surface area (Å²) >= 11 is 1.49. The van der Waals surface area contributed by atoms with Crippen molar-refractivity contribution in [2.45, 2.75) is 19.3 Å². The van der Waals surface area contributed by atoms with Crippen LogP contribution in [0.5, 0.6) is 0 Å². The molecule has 1 aromatic heterocycles. The maximum Gasteiger partial charge on any atom is 0.291 e. The van der Waals surface area contributed by atoms with E-state index < -0.39 is 0 Å². The molecule has 0 aliphatic heterocycles. The summed E-state index contributed by atoms with van der Waals surface area (Å²) in [5.74, 6) is -0.00556. The molecule has 1 heterocycles. The zero-order chi connectivity index (χ0) is 13.8. The van der Waals surface area contributed by atoms with Gasteiger partial charge in [0.05, 0.1) is 15.2 Å². The molecular weight excluding hydrogens is 258 g/mol. The maximum atomic E-state index is 11.4. The van der Waals surface area contributed by atoms with Gasteiger partial charge in [-0.15, -0.1) is 17.9 Å². The van der Waals surface area contributed by atoms with Gasteiger partial charge < -0.3 is 0 Å². The lowest BCUT2D eigenvalue weighted by molar-refractivity contribution is -0.383. The molecule has 0 bridgehead atoms.